The average molecular weight is 496 g/mol. The van der Waals surface area contributed by atoms with Crippen LogP contribution in [0.5, 0.6) is 0 Å². The second-order valence-corrected chi connectivity index (χ2v) is 9.33. The summed E-state index contributed by atoms with van der Waals surface area (Å²) in [7, 11) is 5.46. The van der Waals surface area contributed by atoms with Crippen molar-refractivity contribution < 1.29 is 0 Å². The third-order valence-corrected chi connectivity index (χ3v) is 5.47. The topological polar surface area (TPSA) is 60.8 Å². The first-order valence-electron chi connectivity index (χ1n) is 13.1. The van der Waals surface area contributed by atoms with Crippen LogP contribution in [0, 0.1) is 37.5 Å². The predicted molar refractivity (Wildman–Crippen MR) is 165 cm³/mol. The van der Waals surface area contributed by atoms with Gasteiger partial charge in [-0.05, 0) is 49.1 Å². The van der Waals surface area contributed by atoms with Gasteiger partial charge in [0.25, 0.3) is 0 Å². The van der Waals surface area contributed by atoms with Crippen molar-refractivity contribution in [2.24, 2.45) is 27.7 Å². The zero-order valence-corrected chi connectivity index (χ0v) is 24.9. The van der Waals surface area contributed by atoms with Crippen molar-refractivity contribution in [3.8, 4) is 12.8 Å². The van der Waals surface area contributed by atoms with E-state index in [1.807, 2.05) is 33.0 Å². The van der Waals surface area contributed by atoms with E-state index in [4.69, 9.17) is 0 Å². The lowest BCUT2D eigenvalue weighted by molar-refractivity contribution is 0.458. The Labute approximate surface area is 223 Å². The Morgan fingerprint density at radius 3 is 2.06 bits per heavy atom. The molecule has 0 aromatic heterocycles. The van der Waals surface area contributed by atoms with Crippen molar-refractivity contribution in [1.29, 1.82) is 0 Å². The molecule has 202 valence electrons. The van der Waals surface area contributed by atoms with Gasteiger partial charge < -0.3 is 16.0 Å². The largest absolute Gasteiger partial charge is 0.388 e. The van der Waals surface area contributed by atoms with E-state index in [9.17, 15) is 0 Å². The molecule has 1 unspecified atom stereocenters. The fraction of sp³-hybridized carbons (Fsp3) is 0.548. The SMILES string of the molecule is C#C.C=C(NC)c1cccc(NC(=NC)C(=NC)NCC2=CC(C(C)C)CC2)c1C.CC.CC(C)C. The molecule has 0 spiro atoms. The van der Waals surface area contributed by atoms with Gasteiger partial charge in [-0.3, -0.25) is 9.98 Å². The molecule has 5 nitrogen and oxygen atoms in total. The van der Waals surface area contributed by atoms with E-state index >= 15 is 0 Å². The number of aliphatic imine (C=N–C) groups is 2. The first-order chi connectivity index (χ1) is 17.1. The minimum absolute atomic E-state index is 0.696. The van der Waals surface area contributed by atoms with Gasteiger partial charge in [0, 0.05) is 44.6 Å². The van der Waals surface area contributed by atoms with Gasteiger partial charge in [-0.2, -0.15) is 0 Å². The Bertz CT molecular complexity index is 869. The van der Waals surface area contributed by atoms with Gasteiger partial charge in [0.1, 0.15) is 0 Å². The minimum atomic E-state index is 0.696. The van der Waals surface area contributed by atoms with Gasteiger partial charge in [0.2, 0.25) is 0 Å². The molecule has 0 heterocycles. The zero-order chi connectivity index (χ0) is 28.3. The van der Waals surface area contributed by atoms with E-state index in [-0.39, 0.29) is 0 Å². The summed E-state index contributed by atoms with van der Waals surface area (Å²) < 4.78 is 0. The molecule has 0 saturated heterocycles. The lowest BCUT2D eigenvalue weighted by Crippen LogP contribution is -2.37. The van der Waals surface area contributed by atoms with Crippen LogP contribution < -0.4 is 16.0 Å². The molecule has 3 N–H and O–H groups in total. The minimum Gasteiger partial charge on any atom is -0.388 e. The summed E-state index contributed by atoms with van der Waals surface area (Å²) in [5.41, 5.74) is 5.56. The van der Waals surface area contributed by atoms with Crippen LogP contribution in [0.3, 0.4) is 0 Å². The van der Waals surface area contributed by atoms with Gasteiger partial charge in [0.05, 0.1) is 0 Å². The number of anilines is 1. The van der Waals surface area contributed by atoms with Crippen LogP contribution in [0.4, 0.5) is 5.69 Å². The van der Waals surface area contributed by atoms with Crippen LogP contribution in [-0.2, 0) is 0 Å². The van der Waals surface area contributed by atoms with Crippen molar-refractivity contribution in [2.45, 2.75) is 68.2 Å². The van der Waals surface area contributed by atoms with Crippen LogP contribution in [0.1, 0.15) is 72.4 Å². The third-order valence-electron chi connectivity index (χ3n) is 5.47. The van der Waals surface area contributed by atoms with Crippen molar-refractivity contribution in [1.82, 2.24) is 10.6 Å². The van der Waals surface area contributed by atoms with Crippen molar-refractivity contribution >= 4 is 23.1 Å². The first kappa shape index (κ1) is 35.2. The Morgan fingerprint density at radius 1 is 1.06 bits per heavy atom. The second-order valence-electron chi connectivity index (χ2n) is 9.33. The fourth-order valence-corrected chi connectivity index (χ4v) is 3.54. The maximum absolute atomic E-state index is 4.43. The molecule has 5 heteroatoms. The van der Waals surface area contributed by atoms with Crippen LogP contribution in [-0.4, -0.2) is 39.4 Å². The highest BCUT2D eigenvalue weighted by Gasteiger charge is 2.19. The molecule has 0 amide bonds. The standard InChI is InChI=1S/C23H35N5.C4H10.C2H6.C2H2/c1-15(2)19-12-11-18(13-19)14-27-22(25-6)23(26-7)28-21-10-8-9-20(16(21)3)17(4)24-5;1-4(2)3;2*1-2/h8-10,13,15,19,24H,4,11-12,14H2,1-3,5-7H3,(H,25,27)(H,26,28);4H,1-3H3;1-2H3;1-2H. The molecule has 1 aliphatic rings. The van der Waals surface area contributed by atoms with Crippen molar-refractivity contribution in [3.05, 3.63) is 47.6 Å². The molecule has 2 rings (SSSR count). The highest BCUT2D eigenvalue weighted by Crippen LogP contribution is 2.29. The molecule has 1 aliphatic carbocycles. The van der Waals surface area contributed by atoms with E-state index in [2.05, 4.69) is 99.0 Å². The van der Waals surface area contributed by atoms with E-state index in [1.165, 1.54) is 12.0 Å². The van der Waals surface area contributed by atoms with E-state index in [0.717, 1.165) is 53.1 Å². The predicted octanol–water partition coefficient (Wildman–Crippen LogP) is 7.17. The number of rotatable bonds is 6. The van der Waals surface area contributed by atoms with Crippen LogP contribution in [0.25, 0.3) is 5.70 Å². The first-order valence-corrected chi connectivity index (χ1v) is 13.1. The van der Waals surface area contributed by atoms with E-state index in [1.54, 1.807) is 14.1 Å². The summed E-state index contributed by atoms with van der Waals surface area (Å²) in [6, 6.07) is 6.13. The number of amidine groups is 2. The highest BCUT2D eigenvalue weighted by atomic mass is 15.1. The second kappa shape index (κ2) is 20.2. The molecule has 1 aromatic carbocycles. The molecule has 0 fully saturated rings. The lowest BCUT2D eigenvalue weighted by Gasteiger charge is -2.17. The number of allylic oxidation sites excluding steroid dienone is 1. The number of benzene rings is 1. The number of nitrogens with zero attached hydrogens (tertiary/aromatic N) is 2. The highest BCUT2D eigenvalue weighted by molar-refractivity contribution is 6.44. The Kier molecular flexibility index (Phi) is 19.7. The van der Waals surface area contributed by atoms with Crippen LogP contribution >= 0.6 is 0 Å². The normalized spacial score (nSPS) is 14.9. The molecule has 36 heavy (non-hydrogen) atoms. The average Bonchev–Trinajstić information content (AvgIpc) is 3.36. The maximum Gasteiger partial charge on any atom is 0.168 e. The molecule has 0 bridgehead atoms. The Balaban J connectivity index is 0. The summed E-state index contributed by atoms with van der Waals surface area (Å²) in [5, 5.41) is 10.0. The molecule has 0 saturated carbocycles. The Hall–Kier alpha value is -3.00. The molecular formula is C31H53N5. The lowest BCUT2D eigenvalue weighted by atomic mass is 9.96. The number of nitrogens with one attached hydrogen (secondary N) is 3. The monoisotopic (exact) mass is 495 g/mol. The zero-order valence-electron chi connectivity index (χ0n) is 24.9. The number of hydrogen-bond acceptors (Lipinski definition) is 3. The van der Waals surface area contributed by atoms with Crippen molar-refractivity contribution in [2.75, 3.05) is 33.0 Å². The van der Waals surface area contributed by atoms with E-state index < -0.39 is 0 Å². The summed E-state index contributed by atoms with van der Waals surface area (Å²) >= 11 is 0. The fourth-order valence-electron chi connectivity index (χ4n) is 3.54. The molecular weight excluding hydrogens is 442 g/mol. The molecule has 0 radical (unpaired) electrons. The molecule has 1 atom stereocenters. The van der Waals surface area contributed by atoms with Gasteiger partial charge in [-0.1, -0.05) is 78.8 Å². The maximum atomic E-state index is 4.43. The van der Waals surface area contributed by atoms with Gasteiger partial charge in [-0.25, -0.2) is 0 Å². The summed E-state index contributed by atoms with van der Waals surface area (Å²) in [6.07, 6.45) is 12.8. The van der Waals surface area contributed by atoms with Crippen LogP contribution in [0.2, 0.25) is 0 Å². The quantitative estimate of drug-likeness (QED) is 0.170. The summed E-state index contributed by atoms with van der Waals surface area (Å²) in [4.78, 5) is 8.86. The molecule has 1 aromatic rings. The van der Waals surface area contributed by atoms with Crippen LogP contribution in [0.15, 0.2) is 46.4 Å². The van der Waals surface area contributed by atoms with Gasteiger partial charge >= 0.3 is 0 Å². The van der Waals surface area contributed by atoms with E-state index in [0.29, 0.717) is 11.8 Å². The molecule has 0 aliphatic heterocycles. The van der Waals surface area contributed by atoms with Gasteiger partial charge in [-0.15, -0.1) is 12.8 Å². The Morgan fingerprint density at radius 2 is 1.61 bits per heavy atom. The third kappa shape index (κ3) is 12.6. The number of hydrogen-bond donors (Lipinski definition) is 3. The van der Waals surface area contributed by atoms with Gasteiger partial charge in [0.15, 0.2) is 11.7 Å². The smallest absolute Gasteiger partial charge is 0.168 e. The summed E-state index contributed by atoms with van der Waals surface area (Å²) in [6.45, 7) is 22.1. The summed E-state index contributed by atoms with van der Waals surface area (Å²) in [5.74, 6) is 3.74. The van der Waals surface area contributed by atoms with Crippen molar-refractivity contribution in [3.63, 3.8) is 0 Å². The number of terminal acetylenes is 1.